The number of carbonyl (C=O) groups is 1. The van der Waals surface area contributed by atoms with Crippen LogP contribution in [0.5, 0.6) is 5.75 Å². The first-order valence-electron chi connectivity index (χ1n) is 4.47. The predicted molar refractivity (Wildman–Crippen MR) is 58.6 cm³/mol. The topological polar surface area (TPSA) is 46.5 Å². The van der Waals surface area contributed by atoms with E-state index in [0.29, 0.717) is 11.3 Å². The standard InChI is InChI=1S/C11H13ClO3/c1-11(2,14)10(13)8-5-4-7(15-3)6-9(8)12/h4-6,14H,1-3H3. The van der Waals surface area contributed by atoms with Crippen LogP contribution < -0.4 is 4.74 Å². The maximum Gasteiger partial charge on any atom is 0.195 e. The van der Waals surface area contributed by atoms with E-state index in [1.165, 1.54) is 21.0 Å². The van der Waals surface area contributed by atoms with Gasteiger partial charge in [0.1, 0.15) is 11.4 Å². The van der Waals surface area contributed by atoms with E-state index < -0.39 is 11.4 Å². The van der Waals surface area contributed by atoms with Crippen molar-refractivity contribution in [1.29, 1.82) is 0 Å². The van der Waals surface area contributed by atoms with Crippen molar-refractivity contribution in [2.24, 2.45) is 0 Å². The van der Waals surface area contributed by atoms with E-state index >= 15 is 0 Å². The number of ether oxygens (including phenoxy) is 1. The molecule has 3 nitrogen and oxygen atoms in total. The molecule has 0 unspecified atom stereocenters. The zero-order valence-corrected chi connectivity index (χ0v) is 9.63. The normalized spacial score (nSPS) is 11.3. The largest absolute Gasteiger partial charge is 0.497 e. The average Bonchev–Trinajstić information content (AvgIpc) is 2.15. The highest BCUT2D eigenvalue weighted by Crippen LogP contribution is 2.25. The summed E-state index contributed by atoms with van der Waals surface area (Å²) in [5, 5.41) is 9.83. The van der Waals surface area contributed by atoms with Crippen LogP contribution in [0.25, 0.3) is 0 Å². The third-order valence-electron chi connectivity index (χ3n) is 1.98. The van der Waals surface area contributed by atoms with Crippen LogP contribution in [0.2, 0.25) is 5.02 Å². The molecule has 0 aliphatic rings. The Morgan fingerprint density at radius 2 is 2.07 bits per heavy atom. The first kappa shape index (κ1) is 12.0. The summed E-state index contributed by atoms with van der Waals surface area (Å²) >= 11 is 5.90. The molecule has 0 radical (unpaired) electrons. The van der Waals surface area contributed by atoms with Crippen molar-refractivity contribution in [3.63, 3.8) is 0 Å². The van der Waals surface area contributed by atoms with E-state index in [0.717, 1.165) is 0 Å². The van der Waals surface area contributed by atoms with Crippen molar-refractivity contribution in [3.8, 4) is 5.75 Å². The second kappa shape index (κ2) is 4.21. The maximum absolute atomic E-state index is 11.7. The molecular weight excluding hydrogens is 216 g/mol. The van der Waals surface area contributed by atoms with Crippen LogP contribution in [0.4, 0.5) is 0 Å². The third-order valence-corrected chi connectivity index (χ3v) is 2.29. The summed E-state index contributed by atoms with van der Waals surface area (Å²) in [7, 11) is 1.52. The summed E-state index contributed by atoms with van der Waals surface area (Å²) < 4.78 is 4.96. The molecule has 0 amide bonds. The second-order valence-corrected chi connectivity index (χ2v) is 4.14. The molecule has 0 atom stereocenters. The van der Waals surface area contributed by atoms with Gasteiger partial charge in [0.15, 0.2) is 5.78 Å². The van der Waals surface area contributed by atoms with Gasteiger partial charge in [-0.3, -0.25) is 4.79 Å². The molecule has 0 saturated carbocycles. The highest BCUT2D eigenvalue weighted by atomic mass is 35.5. The molecule has 0 saturated heterocycles. The van der Waals surface area contributed by atoms with Crippen molar-refractivity contribution < 1.29 is 14.6 Å². The van der Waals surface area contributed by atoms with Crippen molar-refractivity contribution in [3.05, 3.63) is 28.8 Å². The Morgan fingerprint density at radius 1 is 1.47 bits per heavy atom. The molecule has 15 heavy (non-hydrogen) atoms. The highest BCUT2D eigenvalue weighted by molar-refractivity contribution is 6.34. The Kier molecular flexibility index (Phi) is 3.37. The minimum Gasteiger partial charge on any atom is -0.497 e. The highest BCUT2D eigenvalue weighted by Gasteiger charge is 2.26. The molecule has 1 aromatic carbocycles. The molecule has 0 bridgehead atoms. The maximum atomic E-state index is 11.7. The van der Waals surface area contributed by atoms with Crippen LogP contribution in [0.1, 0.15) is 24.2 Å². The van der Waals surface area contributed by atoms with Gasteiger partial charge in [-0.05, 0) is 32.0 Å². The summed E-state index contributed by atoms with van der Waals surface area (Å²) in [6, 6.07) is 4.72. The van der Waals surface area contributed by atoms with Gasteiger partial charge in [0.25, 0.3) is 0 Å². The molecule has 1 N–H and O–H groups in total. The van der Waals surface area contributed by atoms with E-state index in [1.807, 2.05) is 0 Å². The smallest absolute Gasteiger partial charge is 0.195 e. The van der Waals surface area contributed by atoms with Crippen LogP contribution >= 0.6 is 11.6 Å². The number of methoxy groups -OCH3 is 1. The quantitative estimate of drug-likeness (QED) is 0.808. The van der Waals surface area contributed by atoms with E-state index in [9.17, 15) is 9.90 Å². The summed E-state index contributed by atoms with van der Waals surface area (Å²) in [5.41, 5.74) is -1.12. The van der Waals surface area contributed by atoms with E-state index in [2.05, 4.69) is 0 Å². The Hall–Kier alpha value is -1.06. The van der Waals surface area contributed by atoms with Crippen LogP contribution in [-0.4, -0.2) is 23.6 Å². The zero-order chi connectivity index (χ0) is 11.6. The molecule has 4 heteroatoms. The molecule has 1 aromatic rings. The number of carbonyl (C=O) groups excluding carboxylic acids is 1. The lowest BCUT2D eigenvalue weighted by Crippen LogP contribution is -2.31. The zero-order valence-electron chi connectivity index (χ0n) is 8.87. The SMILES string of the molecule is COc1ccc(C(=O)C(C)(C)O)c(Cl)c1. The fourth-order valence-electron chi connectivity index (χ4n) is 1.14. The molecule has 0 aromatic heterocycles. The minimum absolute atomic E-state index is 0.279. The molecule has 0 aliphatic carbocycles. The van der Waals surface area contributed by atoms with Gasteiger partial charge in [0, 0.05) is 5.56 Å². The minimum atomic E-state index is -1.42. The van der Waals surface area contributed by atoms with Crippen LogP contribution in [0, 0.1) is 0 Å². The average molecular weight is 229 g/mol. The number of halogens is 1. The lowest BCUT2D eigenvalue weighted by molar-refractivity contribution is 0.0488. The van der Waals surface area contributed by atoms with Crippen molar-refractivity contribution in [2.75, 3.05) is 7.11 Å². The fraction of sp³-hybridized carbons (Fsp3) is 0.364. The van der Waals surface area contributed by atoms with Crippen molar-refractivity contribution >= 4 is 17.4 Å². The predicted octanol–water partition coefficient (Wildman–Crippen LogP) is 2.30. The Bertz CT molecular complexity index is 380. The van der Waals surface area contributed by atoms with Gasteiger partial charge < -0.3 is 9.84 Å². The van der Waals surface area contributed by atoms with Gasteiger partial charge in [-0.25, -0.2) is 0 Å². The number of benzene rings is 1. The van der Waals surface area contributed by atoms with Gasteiger partial charge in [-0.15, -0.1) is 0 Å². The molecule has 0 heterocycles. The number of ketones is 1. The lowest BCUT2D eigenvalue weighted by Gasteiger charge is -2.16. The van der Waals surface area contributed by atoms with Gasteiger partial charge in [0.05, 0.1) is 12.1 Å². The number of Topliss-reactive ketones (excluding diaryl/α,β-unsaturated/α-hetero) is 1. The number of hydrogen-bond acceptors (Lipinski definition) is 3. The molecule has 0 aliphatic heterocycles. The number of rotatable bonds is 3. The molecule has 0 spiro atoms. The molecule has 1 rings (SSSR count). The van der Waals surface area contributed by atoms with Gasteiger partial charge in [0.2, 0.25) is 0 Å². The van der Waals surface area contributed by atoms with Crippen LogP contribution in [0.3, 0.4) is 0 Å². The summed E-state index contributed by atoms with van der Waals surface area (Å²) in [4.78, 5) is 11.7. The molecule has 82 valence electrons. The number of aliphatic hydroxyl groups is 1. The first-order chi connectivity index (χ1) is 6.86. The second-order valence-electron chi connectivity index (χ2n) is 3.73. The van der Waals surface area contributed by atoms with E-state index in [4.69, 9.17) is 16.3 Å². The van der Waals surface area contributed by atoms with Gasteiger partial charge in [-0.2, -0.15) is 0 Å². The van der Waals surface area contributed by atoms with Crippen molar-refractivity contribution in [1.82, 2.24) is 0 Å². The Morgan fingerprint density at radius 3 is 2.47 bits per heavy atom. The van der Waals surface area contributed by atoms with Gasteiger partial charge in [-0.1, -0.05) is 11.6 Å². The summed E-state index contributed by atoms with van der Waals surface area (Å²) in [6.07, 6.45) is 0. The summed E-state index contributed by atoms with van der Waals surface area (Å²) in [6.45, 7) is 2.85. The molecule has 0 fully saturated rings. The monoisotopic (exact) mass is 228 g/mol. The van der Waals surface area contributed by atoms with Crippen molar-refractivity contribution in [2.45, 2.75) is 19.4 Å². The van der Waals surface area contributed by atoms with Crippen LogP contribution in [-0.2, 0) is 0 Å². The third kappa shape index (κ3) is 2.70. The fourth-order valence-corrected chi connectivity index (χ4v) is 1.39. The molecular formula is C11H13ClO3. The Balaban J connectivity index is 3.12. The number of hydrogen-bond donors (Lipinski definition) is 1. The summed E-state index contributed by atoms with van der Waals surface area (Å²) in [5.74, 6) is 0.169. The Labute approximate surface area is 93.6 Å². The van der Waals surface area contributed by atoms with Gasteiger partial charge >= 0.3 is 0 Å². The lowest BCUT2D eigenvalue weighted by atomic mass is 9.97. The van der Waals surface area contributed by atoms with E-state index in [1.54, 1.807) is 18.2 Å². The van der Waals surface area contributed by atoms with Crippen LogP contribution in [0.15, 0.2) is 18.2 Å². The first-order valence-corrected chi connectivity index (χ1v) is 4.85. The van der Waals surface area contributed by atoms with E-state index in [-0.39, 0.29) is 5.02 Å².